The zero-order valence-corrected chi connectivity index (χ0v) is 22.2. The molecule has 3 aromatic rings. The molecule has 2 aliphatic rings. The van der Waals surface area contributed by atoms with Crippen molar-refractivity contribution < 1.29 is 14.6 Å². The summed E-state index contributed by atoms with van der Waals surface area (Å²) in [6, 6.07) is 17.2. The number of fused-ring (bicyclic) bond motifs is 2. The molecule has 37 heavy (non-hydrogen) atoms. The highest BCUT2D eigenvalue weighted by atomic mass is 35.5. The number of carbonyl (C=O) groups is 1. The monoisotopic (exact) mass is 516 g/mol. The lowest BCUT2D eigenvalue weighted by Crippen LogP contribution is -2.42. The summed E-state index contributed by atoms with van der Waals surface area (Å²) in [6.45, 7) is 6.42. The molecule has 0 amide bonds. The summed E-state index contributed by atoms with van der Waals surface area (Å²) >= 11 is 6.02. The third kappa shape index (κ3) is 5.49. The van der Waals surface area contributed by atoms with Crippen molar-refractivity contribution in [2.45, 2.75) is 45.1 Å². The number of piperidine rings is 1. The van der Waals surface area contributed by atoms with Crippen LogP contribution in [0, 0.1) is 5.92 Å². The minimum atomic E-state index is -0.800. The number of carbonyl (C=O) groups excluding carboxylic acids is 1. The summed E-state index contributed by atoms with van der Waals surface area (Å²) in [4.78, 5) is 19.9. The van der Waals surface area contributed by atoms with Gasteiger partial charge in [0.25, 0.3) is 0 Å². The lowest BCUT2D eigenvalue weighted by atomic mass is 9.84. The topological polar surface area (TPSA) is 62.7 Å². The fraction of sp³-hybridized carbons (Fsp3) is 0.355. The fourth-order valence-electron chi connectivity index (χ4n) is 5.29. The Balaban J connectivity index is 1.32. The van der Waals surface area contributed by atoms with E-state index in [9.17, 15) is 9.90 Å². The highest BCUT2D eigenvalue weighted by Crippen LogP contribution is 2.40. The van der Waals surface area contributed by atoms with Crippen LogP contribution in [0.3, 0.4) is 0 Å². The summed E-state index contributed by atoms with van der Waals surface area (Å²) in [6.07, 6.45) is 6.87. The van der Waals surface area contributed by atoms with Crippen LogP contribution < -0.4 is 4.74 Å². The molecule has 1 saturated heterocycles. The quantitative estimate of drug-likeness (QED) is 0.370. The van der Waals surface area contributed by atoms with E-state index in [1.165, 1.54) is 0 Å². The van der Waals surface area contributed by atoms with Gasteiger partial charge in [-0.1, -0.05) is 55.8 Å². The Kier molecular flexibility index (Phi) is 7.47. The number of nitrogens with zero attached hydrogens (tertiary/aromatic N) is 2. The molecule has 0 radical (unpaired) electrons. The summed E-state index contributed by atoms with van der Waals surface area (Å²) in [5.41, 5.74) is 3.89. The first-order valence-electron chi connectivity index (χ1n) is 13.0. The first-order chi connectivity index (χ1) is 17.8. The second-order valence-corrected chi connectivity index (χ2v) is 10.8. The highest BCUT2D eigenvalue weighted by molar-refractivity contribution is 6.30. The maximum Gasteiger partial charge on any atom is 0.226 e. The van der Waals surface area contributed by atoms with Gasteiger partial charge < -0.3 is 14.7 Å². The van der Waals surface area contributed by atoms with E-state index in [0.717, 1.165) is 53.9 Å². The minimum Gasteiger partial charge on any atom is -0.438 e. The van der Waals surface area contributed by atoms with Crippen LogP contribution in [0.4, 0.5) is 0 Å². The Hall–Kier alpha value is -2.99. The van der Waals surface area contributed by atoms with Gasteiger partial charge in [0.2, 0.25) is 5.88 Å². The van der Waals surface area contributed by atoms with E-state index < -0.39 is 5.60 Å². The Morgan fingerprint density at radius 3 is 2.62 bits per heavy atom. The molecule has 0 spiro atoms. The second kappa shape index (κ2) is 10.8. The maximum absolute atomic E-state index is 13.0. The largest absolute Gasteiger partial charge is 0.438 e. The van der Waals surface area contributed by atoms with Crippen molar-refractivity contribution in [2.24, 2.45) is 5.92 Å². The van der Waals surface area contributed by atoms with Crippen LogP contribution in [-0.2, 0) is 12.0 Å². The normalized spacial score (nSPS) is 18.1. The van der Waals surface area contributed by atoms with Gasteiger partial charge in [-0.2, -0.15) is 0 Å². The van der Waals surface area contributed by atoms with E-state index in [2.05, 4.69) is 16.0 Å². The number of benzene rings is 2. The summed E-state index contributed by atoms with van der Waals surface area (Å²) < 4.78 is 6.22. The van der Waals surface area contributed by atoms with Gasteiger partial charge >= 0.3 is 0 Å². The van der Waals surface area contributed by atoms with Crippen molar-refractivity contribution in [1.29, 1.82) is 0 Å². The number of aliphatic hydroxyl groups is 1. The van der Waals surface area contributed by atoms with Gasteiger partial charge in [0, 0.05) is 59.9 Å². The van der Waals surface area contributed by atoms with Crippen LogP contribution in [0.25, 0.3) is 5.57 Å². The number of hydrogen-bond acceptors (Lipinski definition) is 5. The predicted octanol–water partition coefficient (Wildman–Crippen LogP) is 6.68. The standard InChI is InChI=1S/C31H33ClN2O3/c1-21(2)29(35)26-7-3-9-28-27(26)20-22(25-8-4-16-33-30(25)37-28)6-5-17-34-18-14-31(36,15-19-34)23-10-12-24(32)13-11-23/h3-4,6-13,16,21,36H,5,14-15,17-20H2,1-2H3. The number of aromatic nitrogens is 1. The first kappa shape index (κ1) is 25.7. The van der Waals surface area contributed by atoms with Crippen molar-refractivity contribution in [3.05, 3.63) is 94.1 Å². The molecule has 0 aliphatic carbocycles. The molecule has 5 rings (SSSR count). The molecule has 5 nitrogen and oxygen atoms in total. The molecule has 0 unspecified atom stereocenters. The van der Waals surface area contributed by atoms with Gasteiger partial charge in [-0.3, -0.25) is 4.79 Å². The van der Waals surface area contributed by atoms with E-state index in [4.69, 9.17) is 16.3 Å². The molecule has 1 fully saturated rings. The lowest BCUT2D eigenvalue weighted by Gasteiger charge is -2.38. The second-order valence-electron chi connectivity index (χ2n) is 10.3. The van der Waals surface area contributed by atoms with Crippen molar-refractivity contribution >= 4 is 23.0 Å². The van der Waals surface area contributed by atoms with Gasteiger partial charge in [-0.05, 0) is 60.7 Å². The van der Waals surface area contributed by atoms with E-state index in [-0.39, 0.29) is 11.7 Å². The summed E-state index contributed by atoms with van der Waals surface area (Å²) in [5, 5.41) is 11.9. The third-order valence-corrected chi connectivity index (χ3v) is 7.77. The van der Waals surface area contributed by atoms with Gasteiger partial charge in [-0.15, -0.1) is 0 Å². The van der Waals surface area contributed by atoms with Gasteiger partial charge in [0.15, 0.2) is 5.78 Å². The average molecular weight is 517 g/mol. The molecule has 0 bridgehead atoms. The molecule has 6 heteroatoms. The number of pyridine rings is 1. The molecule has 2 aromatic carbocycles. The summed E-state index contributed by atoms with van der Waals surface area (Å²) in [7, 11) is 0. The Morgan fingerprint density at radius 2 is 1.89 bits per heavy atom. The maximum atomic E-state index is 13.0. The Labute approximate surface area is 223 Å². The molecule has 0 saturated carbocycles. The number of rotatable bonds is 6. The number of ketones is 1. The predicted molar refractivity (Wildman–Crippen MR) is 147 cm³/mol. The molecule has 0 atom stereocenters. The van der Waals surface area contributed by atoms with Crippen LogP contribution in [0.15, 0.2) is 66.9 Å². The molecule has 1 aromatic heterocycles. The van der Waals surface area contributed by atoms with E-state index in [1.807, 2.05) is 68.4 Å². The number of likely N-dealkylation sites (tertiary alicyclic amines) is 1. The van der Waals surface area contributed by atoms with Crippen LogP contribution in [-0.4, -0.2) is 40.4 Å². The SMILES string of the molecule is CC(C)C(=O)c1cccc2c1CC(=CCCN1CCC(O)(c3ccc(Cl)cc3)CC1)c1cccnc1O2. The van der Waals surface area contributed by atoms with Crippen LogP contribution in [0.5, 0.6) is 11.6 Å². The molecule has 2 aliphatic heterocycles. The molecular weight excluding hydrogens is 484 g/mol. The smallest absolute Gasteiger partial charge is 0.226 e. The van der Waals surface area contributed by atoms with E-state index in [1.54, 1.807) is 6.20 Å². The van der Waals surface area contributed by atoms with Crippen molar-refractivity contribution in [3.8, 4) is 11.6 Å². The fourth-order valence-corrected chi connectivity index (χ4v) is 5.42. The first-order valence-corrected chi connectivity index (χ1v) is 13.4. The zero-order chi connectivity index (χ0) is 26.0. The lowest BCUT2D eigenvalue weighted by molar-refractivity contribution is -0.0254. The van der Waals surface area contributed by atoms with Crippen molar-refractivity contribution in [1.82, 2.24) is 9.88 Å². The molecular formula is C31H33ClN2O3. The number of allylic oxidation sites excluding steroid dienone is 1. The van der Waals surface area contributed by atoms with E-state index in [0.29, 0.717) is 35.9 Å². The Bertz CT molecular complexity index is 1310. The van der Waals surface area contributed by atoms with Crippen LogP contribution in [0.2, 0.25) is 5.02 Å². The highest BCUT2D eigenvalue weighted by Gasteiger charge is 2.33. The van der Waals surface area contributed by atoms with Crippen molar-refractivity contribution in [3.63, 3.8) is 0 Å². The number of Topliss-reactive ketones (excluding diaryl/α,β-unsaturated/α-hetero) is 1. The number of hydrogen-bond donors (Lipinski definition) is 1. The van der Waals surface area contributed by atoms with Gasteiger partial charge in [0.1, 0.15) is 5.75 Å². The number of halogens is 1. The zero-order valence-electron chi connectivity index (χ0n) is 21.4. The van der Waals surface area contributed by atoms with Crippen LogP contribution in [0.1, 0.15) is 60.2 Å². The molecule has 192 valence electrons. The van der Waals surface area contributed by atoms with Gasteiger partial charge in [0.05, 0.1) is 5.60 Å². The van der Waals surface area contributed by atoms with Gasteiger partial charge in [-0.25, -0.2) is 4.98 Å². The average Bonchev–Trinajstić information content (AvgIpc) is 3.06. The molecule has 1 N–H and O–H groups in total. The number of ether oxygens (including phenoxy) is 1. The Morgan fingerprint density at radius 1 is 1.14 bits per heavy atom. The van der Waals surface area contributed by atoms with E-state index >= 15 is 0 Å². The van der Waals surface area contributed by atoms with Crippen molar-refractivity contribution in [2.75, 3.05) is 19.6 Å². The summed E-state index contributed by atoms with van der Waals surface area (Å²) in [5.74, 6) is 1.31. The minimum absolute atomic E-state index is 0.0895. The molecule has 3 heterocycles. The van der Waals surface area contributed by atoms with Crippen LogP contribution >= 0.6 is 11.6 Å². The third-order valence-electron chi connectivity index (χ3n) is 7.51.